The first-order chi connectivity index (χ1) is 16.8. The summed E-state index contributed by atoms with van der Waals surface area (Å²) >= 11 is 12.5. The van der Waals surface area contributed by atoms with Gasteiger partial charge in [0, 0.05) is 24.5 Å². The number of aliphatic hydroxyl groups is 1. The fourth-order valence-corrected chi connectivity index (χ4v) is 7.17. The molecule has 3 aromatic rings. The molecule has 1 aliphatic carbocycles. The molecule has 1 aromatic carbocycles. The molecular weight excluding hydrogens is 557 g/mol. The molecule has 4 rings (SSSR count). The Bertz CT molecular complexity index is 1360. The van der Waals surface area contributed by atoms with Gasteiger partial charge in [-0.3, -0.25) is 9.13 Å². The molecule has 0 aliphatic heterocycles. The van der Waals surface area contributed by atoms with Crippen molar-refractivity contribution in [3.05, 3.63) is 40.1 Å². The molecule has 17 heteroatoms. The monoisotopic (exact) mass is 580 g/mol. The lowest BCUT2D eigenvalue weighted by atomic mass is 10.1. The predicted octanol–water partition coefficient (Wildman–Crippen LogP) is 2.81. The van der Waals surface area contributed by atoms with E-state index in [0.29, 0.717) is 35.0 Å². The van der Waals surface area contributed by atoms with Crippen molar-refractivity contribution in [2.24, 2.45) is 5.92 Å². The summed E-state index contributed by atoms with van der Waals surface area (Å²) in [6, 6.07) is 7.01. The van der Waals surface area contributed by atoms with Gasteiger partial charge in [0.05, 0.1) is 18.8 Å². The van der Waals surface area contributed by atoms with E-state index in [-0.39, 0.29) is 24.4 Å². The Hall–Kier alpha value is -1.66. The molecule has 36 heavy (non-hydrogen) atoms. The van der Waals surface area contributed by atoms with E-state index in [4.69, 9.17) is 37.5 Å². The van der Waals surface area contributed by atoms with Crippen LogP contribution in [-0.2, 0) is 20.2 Å². The second-order valence-electron chi connectivity index (χ2n) is 8.66. The standard InChI is InChI=1S/C19H24Cl2N6O7P2/c1-26(8-11-4-2-3-5-14(11)20)17-16-18(23-19(21)22-17)27(25-24-16)13-6-12(15(28)7-13)9-34-36(32,33)10-35(29,30)31/h2-5,12-13,15,28H,6-10H2,1H3,(H,32,33)(H2,29,30,31)/t12-,13-,15+/m1/s1. The van der Waals surface area contributed by atoms with Gasteiger partial charge in [0.15, 0.2) is 22.9 Å². The quantitative estimate of drug-likeness (QED) is 0.214. The molecular formula is C19H24Cl2N6O7P2. The summed E-state index contributed by atoms with van der Waals surface area (Å²) in [6.07, 6.45) is -0.390. The van der Waals surface area contributed by atoms with Gasteiger partial charge >= 0.3 is 15.2 Å². The van der Waals surface area contributed by atoms with E-state index in [0.717, 1.165) is 5.56 Å². The normalized spacial score (nSPS) is 22.1. The largest absolute Gasteiger partial charge is 0.393 e. The highest BCUT2D eigenvalue weighted by molar-refractivity contribution is 7.70. The Kier molecular flexibility index (Phi) is 8.07. The van der Waals surface area contributed by atoms with E-state index in [9.17, 15) is 19.1 Å². The average Bonchev–Trinajstić information content (AvgIpc) is 3.34. The SMILES string of the molecule is CN(Cc1ccccc1Cl)c1nc(Cl)nc2c1nnn2[C@@H]1C[C@H](COP(=O)(O)CP(=O)(O)O)[C@@H](O)C1. The van der Waals surface area contributed by atoms with Crippen LogP contribution < -0.4 is 4.90 Å². The van der Waals surface area contributed by atoms with Crippen LogP contribution in [0.25, 0.3) is 11.2 Å². The molecule has 0 saturated heterocycles. The van der Waals surface area contributed by atoms with E-state index >= 15 is 0 Å². The van der Waals surface area contributed by atoms with Gasteiger partial charge in [-0.25, -0.2) is 4.68 Å². The Labute approximate surface area is 215 Å². The van der Waals surface area contributed by atoms with E-state index in [2.05, 4.69) is 20.3 Å². The number of rotatable bonds is 9. The van der Waals surface area contributed by atoms with Crippen LogP contribution in [0.3, 0.4) is 0 Å². The maximum Gasteiger partial charge on any atom is 0.340 e. The molecule has 2 aromatic heterocycles. The van der Waals surface area contributed by atoms with Crippen LogP contribution in [0.15, 0.2) is 24.3 Å². The van der Waals surface area contributed by atoms with Crippen LogP contribution in [-0.4, -0.2) is 70.4 Å². The van der Waals surface area contributed by atoms with Crippen LogP contribution in [0.5, 0.6) is 0 Å². The highest BCUT2D eigenvalue weighted by Gasteiger charge is 2.39. The Balaban J connectivity index is 1.53. The summed E-state index contributed by atoms with van der Waals surface area (Å²) in [5.74, 6) is -1.43. The van der Waals surface area contributed by atoms with Gasteiger partial charge in [-0.05, 0) is 36.1 Å². The minimum absolute atomic E-state index is 0.0239. The lowest BCUT2D eigenvalue weighted by molar-refractivity contribution is 0.0942. The number of fused-ring (bicyclic) bond motifs is 1. The van der Waals surface area contributed by atoms with Crippen LogP contribution in [0.2, 0.25) is 10.3 Å². The highest BCUT2D eigenvalue weighted by atomic mass is 35.5. The van der Waals surface area contributed by atoms with Crippen molar-refractivity contribution in [2.45, 2.75) is 31.5 Å². The number of anilines is 1. The molecule has 2 heterocycles. The molecule has 0 amide bonds. The number of benzene rings is 1. The first kappa shape index (κ1) is 27.4. The molecule has 1 aliphatic rings. The zero-order chi connectivity index (χ0) is 26.3. The van der Waals surface area contributed by atoms with Gasteiger partial charge < -0.3 is 29.2 Å². The van der Waals surface area contributed by atoms with Crippen molar-refractivity contribution in [2.75, 3.05) is 24.5 Å². The number of nitrogens with zero attached hydrogens (tertiary/aromatic N) is 6. The summed E-state index contributed by atoms with van der Waals surface area (Å²) in [5.41, 5.74) is 1.62. The number of aliphatic hydroxyl groups excluding tert-OH is 1. The first-order valence-corrected chi connectivity index (χ1v) is 15.1. The molecule has 4 N–H and O–H groups in total. The Morgan fingerprint density at radius 1 is 1.17 bits per heavy atom. The fraction of sp³-hybridized carbons (Fsp3) is 0.474. The number of hydrogen-bond acceptors (Lipinski definition) is 9. The third-order valence-corrected chi connectivity index (χ3v) is 9.83. The van der Waals surface area contributed by atoms with Gasteiger partial charge in [0.25, 0.3) is 0 Å². The van der Waals surface area contributed by atoms with Crippen LogP contribution in [0, 0.1) is 5.92 Å². The summed E-state index contributed by atoms with van der Waals surface area (Å²) < 4.78 is 29.4. The van der Waals surface area contributed by atoms with Crippen molar-refractivity contribution in [1.82, 2.24) is 25.0 Å². The maximum atomic E-state index is 12.0. The first-order valence-electron chi connectivity index (χ1n) is 10.7. The Morgan fingerprint density at radius 3 is 2.58 bits per heavy atom. The van der Waals surface area contributed by atoms with E-state index in [1.54, 1.807) is 13.1 Å². The summed E-state index contributed by atoms with van der Waals surface area (Å²) in [7, 11) is -7.47. The summed E-state index contributed by atoms with van der Waals surface area (Å²) in [6.45, 7) is 0.0615. The second kappa shape index (κ2) is 10.6. The molecule has 1 unspecified atom stereocenters. The number of hydrogen-bond donors (Lipinski definition) is 4. The zero-order valence-corrected chi connectivity index (χ0v) is 22.2. The molecule has 4 atom stereocenters. The minimum atomic E-state index is -4.75. The summed E-state index contributed by atoms with van der Waals surface area (Å²) in [5, 5.41) is 19.5. The lowest BCUT2D eigenvalue weighted by Crippen LogP contribution is -2.19. The molecule has 1 fully saturated rings. The molecule has 0 bridgehead atoms. The average molecular weight is 581 g/mol. The fourth-order valence-electron chi connectivity index (χ4n) is 4.20. The third-order valence-electron chi connectivity index (χ3n) is 5.84. The van der Waals surface area contributed by atoms with Gasteiger partial charge in [-0.1, -0.05) is 35.0 Å². The smallest absolute Gasteiger partial charge is 0.340 e. The molecule has 196 valence electrons. The minimum Gasteiger partial charge on any atom is -0.393 e. The van der Waals surface area contributed by atoms with Crippen LogP contribution in [0.1, 0.15) is 24.4 Å². The van der Waals surface area contributed by atoms with Gasteiger partial charge in [0.2, 0.25) is 5.28 Å². The van der Waals surface area contributed by atoms with Gasteiger partial charge in [-0.2, -0.15) is 9.97 Å². The number of aromatic nitrogens is 5. The molecule has 13 nitrogen and oxygen atoms in total. The van der Waals surface area contributed by atoms with Crippen molar-refractivity contribution in [3.63, 3.8) is 0 Å². The van der Waals surface area contributed by atoms with Crippen molar-refractivity contribution in [3.8, 4) is 0 Å². The second-order valence-corrected chi connectivity index (χ2v) is 13.4. The lowest BCUT2D eigenvalue weighted by Gasteiger charge is -2.19. The maximum absolute atomic E-state index is 12.0. The van der Waals surface area contributed by atoms with E-state index in [1.807, 2.05) is 23.1 Å². The predicted molar refractivity (Wildman–Crippen MR) is 132 cm³/mol. The molecule has 0 radical (unpaired) electrons. The van der Waals surface area contributed by atoms with Crippen molar-refractivity contribution < 1.29 is 33.4 Å². The molecule has 1 saturated carbocycles. The van der Waals surface area contributed by atoms with Crippen LogP contribution in [0.4, 0.5) is 5.82 Å². The van der Waals surface area contributed by atoms with Crippen LogP contribution >= 0.6 is 38.4 Å². The van der Waals surface area contributed by atoms with Crippen molar-refractivity contribution in [1.29, 1.82) is 0 Å². The third kappa shape index (κ3) is 6.42. The van der Waals surface area contributed by atoms with E-state index < -0.39 is 33.1 Å². The van der Waals surface area contributed by atoms with Gasteiger partial charge in [-0.15, -0.1) is 5.10 Å². The number of halogens is 2. The highest BCUT2D eigenvalue weighted by Crippen LogP contribution is 2.56. The zero-order valence-electron chi connectivity index (χ0n) is 18.9. The topological polar surface area (TPSA) is 184 Å². The van der Waals surface area contributed by atoms with Crippen molar-refractivity contribution >= 4 is 55.4 Å². The van der Waals surface area contributed by atoms with Gasteiger partial charge in [0.1, 0.15) is 0 Å². The molecule has 0 spiro atoms. The summed E-state index contributed by atoms with van der Waals surface area (Å²) in [4.78, 5) is 38.0. The Morgan fingerprint density at radius 2 is 1.89 bits per heavy atom. The van der Waals surface area contributed by atoms with E-state index in [1.165, 1.54) is 4.68 Å².